The first-order valence-electron chi connectivity index (χ1n) is 12.1. The molecule has 0 radical (unpaired) electrons. The molecule has 3 nitrogen and oxygen atoms in total. The summed E-state index contributed by atoms with van der Waals surface area (Å²) in [6.07, 6.45) is 12.6. The lowest BCUT2D eigenvalue weighted by Gasteiger charge is -2.08. The van der Waals surface area contributed by atoms with Crippen LogP contribution in [0.5, 0.6) is 0 Å². The van der Waals surface area contributed by atoms with Crippen molar-refractivity contribution in [2.45, 2.75) is 85.0 Å². The van der Waals surface area contributed by atoms with Crippen molar-refractivity contribution in [3.05, 3.63) is 65.5 Å². The second-order valence-electron chi connectivity index (χ2n) is 8.55. The Bertz CT molecular complexity index is 840. The fraction of sp³-hybridized carbons (Fsp3) is 0.464. The van der Waals surface area contributed by atoms with Crippen LogP contribution in [0.25, 0.3) is 22.8 Å². The molecule has 3 rings (SSSR count). The summed E-state index contributed by atoms with van der Waals surface area (Å²) in [7, 11) is 0. The second-order valence-corrected chi connectivity index (χ2v) is 8.55. The van der Waals surface area contributed by atoms with Gasteiger partial charge in [-0.1, -0.05) is 101 Å². The van der Waals surface area contributed by atoms with Gasteiger partial charge in [-0.05, 0) is 43.7 Å². The molecule has 1 aromatic heterocycles. The smallest absolute Gasteiger partial charge is 0.163 e. The Morgan fingerprint density at radius 1 is 0.516 bits per heavy atom. The van der Waals surface area contributed by atoms with E-state index >= 15 is 0 Å². The van der Waals surface area contributed by atoms with Crippen LogP contribution in [0.3, 0.4) is 0 Å². The third kappa shape index (κ3) is 7.27. The molecule has 0 N–H and O–H groups in total. The maximum Gasteiger partial charge on any atom is 0.163 e. The van der Waals surface area contributed by atoms with E-state index < -0.39 is 0 Å². The number of benzene rings is 2. The lowest BCUT2D eigenvalue weighted by molar-refractivity contribution is 0.667. The molecule has 3 heteroatoms. The Labute approximate surface area is 188 Å². The summed E-state index contributed by atoms with van der Waals surface area (Å²) in [6, 6.07) is 17.4. The van der Waals surface area contributed by atoms with Gasteiger partial charge in [0.05, 0.1) is 0 Å². The van der Waals surface area contributed by atoms with E-state index in [1.54, 1.807) is 0 Å². The van der Waals surface area contributed by atoms with Gasteiger partial charge >= 0.3 is 0 Å². The molecule has 2 aromatic carbocycles. The minimum Gasteiger partial charge on any atom is -0.213 e. The van der Waals surface area contributed by atoms with Crippen LogP contribution in [0, 0.1) is 6.92 Å². The molecule has 0 saturated heterocycles. The van der Waals surface area contributed by atoms with Gasteiger partial charge in [0.1, 0.15) is 5.82 Å². The number of aromatic nitrogens is 3. The summed E-state index contributed by atoms with van der Waals surface area (Å²) in [5.41, 5.74) is 4.88. The largest absolute Gasteiger partial charge is 0.213 e. The first-order valence-corrected chi connectivity index (χ1v) is 12.1. The van der Waals surface area contributed by atoms with Crippen LogP contribution in [0.2, 0.25) is 0 Å². The number of nitrogens with zero attached hydrogens (tertiary/aromatic N) is 3. The minimum absolute atomic E-state index is 0.753. The Hall–Kier alpha value is -2.55. The van der Waals surface area contributed by atoms with Crippen molar-refractivity contribution in [3.8, 4) is 22.8 Å². The summed E-state index contributed by atoms with van der Waals surface area (Å²) in [5.74, 6) is 2.26. The highest BCUT2D eigenvalue weighted by atomic mass is 15.0. The molecule has 0 spiro atoms. The lowest BCUT2D eigenvalue weighted by atomic mass is 10.0. The van der Waals surface area contributed by atoms with Crippen molar-refractivity contribution in [1.29, 1.82) is 0 Å². The molecule has 0 atom stereocenters. The molecule has 3 aromatic rings. The van der Waals surface area contributed by atoms with Gasteiger partial charge in [-0.15, -0.1) is 0 Å². The predicted molar refractivity (Wildman–Crippen MR) is 131 cm³/mol. The third-order valence-electron chi connectivity index (χ3n) is 5.81. The van der Waals surface area contributed by atoms with Crippen LogP contribution in [-0.4, -0.2) is 15.0 Å². The van der Waals surface area contributed by atoms with E-state index in [0.29, 0.717) is 0 Å². The summed E-state index contributed by atoms with van der Waals surface area (Å²) < 4.78 is 0. The highest BCUT2D eigenvalue weighted by Gasteiger charge is 2.09. The van der Waals surface area contributed by atoms with Crippen LogP contribution in [0.1, 0.15) is 82.2 Å². The summed E-state index contributed by atoms with van der Waals surface area (Å²) in [5, 5.41) is 0. The molecule has 0 amide bonds. The second kappa shape index (κ2) is 12.3. The fourth-order valence-electron chi connectivity index (χ4n) is 3.89. The van der Waals surface area contributed by atoms with Crippen LogP contribution in [0.15, 0.2) is 48.5 Å². The van der Waals surface area contributed by atoms with Gasteiger partial charge in [0.2, 0.25) is 0 Å². The molecule has 0 unspecified atom stereocenters. The Kier molecular flexibility index (Phi) is 9.20. The van der Waals surface area contributed by atoms with E-state index in [9.17, 15) is 0 Å². The maximum absolute atomic E-state index is 4.78. The van der Waals surface area contributed by atoms with E-state index in [0.717, 1.165) is 41.4 Å². The maximum atomic E-state index is 4.78. The average molecular weight is 416 g/mol. The minimum atomic E-state index is 0.753. The van der Waals surface area contributed by atoms with Crippen LogP contribution >= 0.6 is 0 Å². The molecule has 31 heavy (non-hydrogen) atoms. The average Bonchev–Trinajstić information content (AvgIpc) is 2.80. The molecule has 1 heterocycles. The van der Waals surface area contributed by atoms with Gasteiger partial charge in [-0.3, -0.25) is 0 Å². The number of hydrogen-bond donors (Lipinski definition) is 0. The first-order chi connectivity index (χ1) is 15.2. The van der Waals surface area contributed by atoms with E-state index in [2.05, 4.69) is 72.3 Å². The highest BCUT2D eigenvalue weighted by Crippen LogP contribution is 2.22. The summed E-state index contributed by atoms with van der Waals surface area (Å²) in [4.78, 5) is 14.0. The third-order valence-corrected chi connectivity index (χ3v) is 5.81. The zero-order valence-electron chi connectivity index (χ0n) is 19.5. The number of unbranched alkanes of at least 4 members (excludes halogenated alkanes) is 6. The number of hydrogen-bond acceptors (Lipinski definition) is 3. The van der Waals surface area contributed by atoms with Crippen LogP contribution < -0.4 is 0 Å². The van der Waals surface area contributed by atoms with E-state index in [1.807, 2.05) is 6.92 Å². The predicted octanol–water partition coefficient (Wildman–Crippen LogP) is 7.76. The van der Waals surface area contributed by atoms with Gasteiger partial charge in [-0.25, -0.2) is 15.0 Å². The van der Waals surface area contributed by atoms with Crippen molar-refractivity contribution in [3.63, 3.8) is 0 Å². The van der Waals surface area contributed by atoms with Crippen LogP contribution in [-0.2, 0) is 12.8 Å². The number of rotatable bonds is 12. The monoisotopic (exact) mass is 415 g/mol. The normalized spacial score (nSPS) is 11.1. The van der Waals surface area contributed by atoms with Gasteiger partial charge < -0.3 is 0 Å². The van der Waals surface area contributed by atoms with Gasteiger partial charge in [0.15, 0.2) is 11.6 Å². The van der Waals surface area contributed by atoms with E-state index in [-0.39, 0.29) is 0 Å². The Morgan fingerprint density at radius 2 is 0.935 bits per heavy atom. The van der Waals surface area contributed by atoms with E-state index in [4.69, 9.17) is 4.98 Å². The first kappa shape index (κ1) is 23.1. The Balaban J connectivity index is 1.68. The molecule has 0 aliphatic carbocycles. The molecule has 0 bridgehead atoms. The summed E-state index contributed by atoms with van der Waals surface area (Å²) in [6.45, 7) is 6.45. The summed E-state index contributed by atoms with van der Waals surface area (Å²) >= 11 is 0. The number of aryl methyl sites for hydroxylation is 3. The topological polar surface area (TPSA) is 38.7 Å². The van der Waals surface area contributed by atoms with Crippen molar-refractivity contribution in [2.75, 3.05) is 0 Å². The Morgan fingerprint density at radius 3 is 1.32 bits per heavy atom. The van der Waals surface area contributed by atoms with Crippen molar-refractivity contribution in [1.82, 2.24) is 15.0 Å². The molecule has 0 fully saturated rings. The van der Waals surface area contributed by atoms with Gasteiger partial charge in [0, 0.05) is 11.1 Å². The zero-order valence-corrected chi connectivity index (χ0v) is 19.5. The van der Waals surface area contributed by atoms with E-state index in [1.165, 1.54) is 62.5 Å². The molecule has 0 aliphatic rings. The van der Waals surface area contributed by atoms with Crippen molar-refractivity contribution in [2.24, 2.45) is 0 Å². The SMILES string of the molecule is CCCCCCc1ccc(-c2nc(C)nc(-c3ccc(CCCCCC)cc3)n2)cc1. The van der Waals surface area contributed by atoms with Gasteiger partial charge in [0.25, 0.3) is 0 Å². The standard InChI is InChI=1S/C28H37N3/c1-4-6-8-10-12-23-14-18-25(19-15-23)27-29-22(3)30-28(31-27)26-20-16-24(17-21-26)13-11-9-7-5-2/h14-21H,4-13H2,1-3H3. The van der Waals surface area contributed by atoms with Crippen molar-refractivity contribution < 1.29 is 0 Å². The fourth-order valence-corrected chi connectivity index (χ4v) is 3.89. The quantitative estimate of drug-likeness (QED) is 0.284. The molecular formula is C28H37N3. The molecule has 0 aliphatic heterocycles. The lowest BCUT2D eigenvalue weighted by Crippen LogP contribution is -2.00. The zero-order chi connectivity index (χ0) is 21.9. The molecular weight excluding hydrogens is 378 g/mol. The molecule has 0 saturated carbocycles. The van der Waals surface area contributed by atoms with Crippen LogP contribution in [0.4, 0.5) is 0 Å². The van der Waals surface area contributed by atoms with Crippen molar-refractivity contribution >= 4 is 0 Å². The van der Waals surface area contributed by atoms with Gasteiger partial charge in [-0.2, -0.15) is 0 Å². The highest BCUT2D eigenvalue weighted by molar-refractivity contribution is 5.61. The molecule has 164 valence electrons.